The Balaban J connectivity index is 2.97. The van der Waals surface area contributed by atoms with Gasteiger partial charge in [-0.25, -0.2) is 0 Å². The Morgan fingerprint density at radius 3 is 2.00 bits per heavy atom. The molecule has 0 aliphatic rings. The molecule has 1 atom stereocenters. The van der Waals surface area contributed by atoms with Crippen LogP contribution < -0.4 is 5.73 Å². The van der Waals surface area contributed by atoms with Crippen molar-refractivity contribution in [2.75, 3.05) is 7.11 Å². The van der Waals surface area contributed by atoms with Gasteiger partial charge < -0.3 is 10.5 Å². The molecule has 1 rings (SSSR count). The highest BCUT2D eigenvalue weighted by atomic mass is 16.5. The molecule has 0 saturated carbocycles. The topological polar surface area (TPSA) is 52.3 Å². The van der Waals surface area contributed by atoms with Crippen LogP contribution in [0, 0.1) is 5.41 Å². The molecule has 0 saturated heterocycles. The Morgan fingerprint density at radius 1 is 1.17 bits per heavy atom. The Morgan fingerprint density at radius 2 is 1.61 bits per heavy atom. The third-order valence-corrected chi connectivity index (χ3v) is 3.45. The van der Waals surface area contributed by atoms with E-state index in [4.69, 9.17) is 10.5 Å². The molecular formula is C15H23NO2. The molecule has 1 aromatic rings. The van der Waals surface area contributed by atoms with Crippen LogP contribution in [-0.4, -0.2) is 13.1 Å². The van der Waals surface area contributed by atoms with Crippen LogP contribution in [0.5, 0.6) is 0 Å². The van der Waals surface area contributed by atoms with E-state index >= 15 is 0 Å². The van der Waals surface area contributed by atoms with Gasteiger partial charge in [-0.15, -0.1) is 0 Å². The number of rotatable bonds is 4. The van der Waals surface area contributed by atoms with Crippen molar-refractivity contribution in [1.82, 2.24) is 0 Å². The van der Waals surface area contributed by atoms with Crippen molar-refractivity contribution in [2.24, 2.45) is 11.1 Å². The summed E-state index contributed by atoms with van der Waals surface area (Å²) in [6.45, 7) is 7.90. The van der Waals surface area contributed by atoms with Crippen molar-refractivity contribution in [3.63, 3.8) is 0 Å². The van der Waals surface area contributed by atoms with Gasteiger partial charge in [0.25, 0.3) is 0 Å². The van der Waals surface area contributed by atoms with E-state index in [-0.39, 0.29) is 12.0 Å². The molecule has 0 aromatic heterocycles. The van der Waals surface area contributed by atoms with Crippen molar-refractivity contribution in [3.05, 3.63) is 35.4 Å². The first-order valence-corrected chi connectivity index (χ1v) is 6.24. The maximum atomic E-state index is 11.7. The monoisotopic (exact) mass is 249 g/mol. The van der Waals surface area contributed by atoms with Gasteiger partial charge in [0.05, 0.1) is 12.5 Å². The number of esters is 1. The normalized spacial score (nSPS) is 13.5. The average Bonchev–Trinajstić information content (AvgIpc) is 2.36. The molecule has 1 aromatic carbocycles. The van der Waals surface area contributed by atoms with Crippen LogP contribution in [0.15, 0.2) is 24.3 Å². The molecule has 0 spiro atoms. The molecular weight excluding hydrogens is 226 g/mol. The largest absolute Gasteiger partial charge is 0.469 e. The summed E-state index contributed by atoms with van der Waals surface area (Å²) in [4.78, 5) is 11.7. The van der Waals surface area contributed by atoms with Gasteiger partial charge in [-0.3, -0.25) is 4.79 Å². The van der Waals surface area contributed by atoms with Gasteiger partial charge in [0.1, 0.15) is 0 Å². The zero-order chi connectivity index (χ0) is 13.9. The summed E-state index contributed by atoms with van der Waals surface area (Å²) >= 11 is 0. The minimum absolute atomic E-state index is 0.289. The molecule has 1 unspecified atom stereocenters. The van der Waals surface area contributed by atoms with E-state index in [2.05, 4.69) is 26.0 Å². The van der Waals surface area contributed by atoms with Gasteiger partial charge in [0.2, 0.25) is 0 Å². The molecule has 0 aliphatic carbocycles. The first kappa shape index (κ1) is 14.7. The van der Waals surface area contributed by atoms with Crippen molar-refractivity contribution in [3.8, 4) is 0 Å². The molecule has 0 heterocycles. The van der Waals surface area contributed by atoms with Crippen molar-refractivity contribution >= 4 is 5.97 Å². The first-order chi connectivity index (χ1) is 8.30. The highest BCUT2D eigenvalue weighted by Gasteiger charge is 2.36. The van der Waals surface area contributed by atoms with Crippen LogP contribution in [0.25, 0.3) is 0 Å². The number of hydrogen-bond donors (Lipinski definition) is 1. The Kier molecular flexibility index (Phi) is 4.52. The summed E-state index contributed by atoms with van der Waals surface area (Å²) in [6.07, 6.45) is 0. The molecule has 0 aliphatic heterocycles. The summed E-state index contributed by atoms with van der Waals surface area (Å²) in [5.74, 6) is 0.201. The summed E-state index contributed by atoms with van der Waals surface area (Å²) < 4.78 is 4.80. The fourth-order valence-corrected chi connectivity index (χ4v) is 1.89. The van der Waals surface area contributed by atoms with Crippen LogP contribution in [0.1, 0.15) is 50.8 Å². The van der Waals surface area contributed by atoms with Crippen molar-refractivity contribution < 1.29 is 9.53 Å². The number of ether oxygens (including phenoxy) is 1. The number of methoxy groups -OCH3 is 1. The van der Waals surface area contributed by atoms with E-state index in [0.717, 1.165) is 5.56 Å². The molecule has 0 bridgehead atoms. The van der Waals surface area contributed by atoms with Crippen molar-refractivity contribution in [2.45, 2.75) is 39.7 Å². The Labute approximate surface area is 109 Å². The van der Waals surface area contributed by atoms with E-state index in [1.165, 1.54) is 12.7 Å². The summed E-state index contributed by atoms with van der Waals surface area (Å²) in [7, 11) is 1.39. The molecule has 0 radical (unpaired) electrons. The highest BCUT2D eigenvalue weighted by Crippen LogP contribution is 2.32. The minimum atomic E-state index is -0.728. The minimum Gasteiger partial charge on any atom is -0.469 e. The molecule has 0 fully saturated rings. The zero-order valence-electron chi connectivity index (χ0n) is 11.9. The summed E-state index contributed by atoms with van der Waals surface area (Å²) in [6, 6.07) is 7.74. The highest BCUT2D eigenvalue weighted by molar-refractivity contribution is 5.77. The number of carbonyl (C=O) groups is 1. The van der Waals surface area contributed by atoms with E-state index in [1.807, 2.05) is 12.1 Å². The van der Waals surface area contributed by atoms with Gasteiger partial charge in [-0.1, -0.05) is 38.1 Å². The lowest BCUT2D eigenvalue weighted by molar-refractivity contribution is -0.152. The molecule has 3 nitrogen and oxygen atoms in total. The standard InChI is InChI=1S/C15H23NO2/c1-10(2)11-6-8-12(9-7-11)13(16)15(3,4)14(17)18-5/h6-10,13H,16H2,1-5H3. The SMILES string of the molecule is COC(=O)C(C)(C)C(N)c1ccc(C(C)C)cc1. The molecule has 100 valence electrons. The first-order valence-electron chi connectivity index (χ1n) is 6.24. The van der Waals surface area contributed by atoms with Gasteiger partial charge in [-0.05, 0) is 30.9 Å². The maximum Gasteiger partial charge on any atom is 0.313 e. The number of benzene rings is 1. The van der Waals surface area contributed by atoms with E-state index < -0.39 is 5.41 Å². The van der Waals surface area contributed by atoms with Crippen molar-refractivity contribution in [1.29, 1.82) is 0 Å². The number of carbonyl (C=O) groups excluding carboxylic acids is 1. The maximum absolute atomic E-state index is 11.7. The summed E-state index contributed by atoms with van der Waals surface area (Å²) in [5, 5.41) is 0. The lowest BCUT2D eigenvalue weighted by Gasteiger charge is -2.29. The van der Waals surface area contributed by atoms with Gasteiger partial charge >= 0.3 is 5.97 Å². The predicted molar refractivity (Wildman–Crippen MR) is 73.3 cm³/mol. The molecule has 2 N–H and O–H groups in total. The third kappa shape index (κ3) is 2.91. The molecule has 0 amide bonds. The zero-order valence-corrected chi connectivity index (χ0v) is 11.9. The molecule has 3 heteroatoms. The second kappa shape index (κ2) is 5.53. The third-order valence-electron chi connectivity index (χ3n) is 3.45. The fourth-order valence-electron chi connectivity index (χ4n) is 1.89. The Bertz CT molecular complexity index is 407. The molecule has 18 heavy (non-hydrogen) atoms. The summed E-state index contributed by atoms with van der Waals surface area (Å²) in [5.41, 5.74) is 7.67. The number of hydrogen-bond acceptors (Lipinski definition) is 3. The van der Waals surface area contributed by atoms with Gasteiger partial charge in [-0.2, -0.15) is 0 Å². The van der Waals surface area contributed by atoms with Crippen LogP contribution in [0.3, 0.4) is 0 Å². The lowest BCUT2D eigenvalue weighted by atomic mass is 9.80. The van der Waals surface area contributed by atoms with Crippen LogP contribution in [0.2, 0.25) is 0 Å². The lowest BCUT2D eigenvalue weighted by Crippen LogP contribution is -2.37. The van der Waals surface area contributed by atoms with E-state index in [9.17, 15) is 4.79 Å². The second-order valence-corrected chi connectivity index (χ2v) is 5.51. The second-order valence-electron chi connectivity index (χ2n) is 5.51. The van der Waals surface area contributed by atoms with Crippen LogP contribution in [0.4, 0.5) is 0 Å². The number of nitrogens with two attached hydrogens (primary N) is 1. The predicted octanol–water partition coefficient (Wildman–Crippen LogP) is 3.01. The van der Waals surface area contributed by atoms with Gasteiger partial charge in [0, 0.05) is 6.04 Å². The van der Waals surface area contributed by atoms with Crippen LogP contribution >= 0.6 is 0 Å². The smallest absolute Gasteiger partial charge is 0.313 e. The Hall–Kier alpha value is -1.35. The van der Waals surface area contributed by atoms with E-state index in [0.29, 0.717) is 5.92 Å². The van der Waals surface area contributed by atoms with E-state index in [1.54, 1.807) is 13.8 Å². The van der Waals surface area contributed by atoms with Crippen LogP contribution in [-0.2, 0) is 9.53 Å². The quantitative estimate of drug-likeness (QED) is 0.834. The van der Waals surface area contributed by atoms with Gasteiger partial charge in [0.15, 0.2) is 0 Å². The fraction of sp³-hybridized carbons (Fsp3) is 0.533. The average molecular weight is 249 g/mol.